The summed E-state index contributed by atoms with van der Waals surface area (Å²) in [7, 11) is -3.08. The lowest BCUT2D eigenvalue weighted by molar-refractivity contribution is 0.392. The molecule has 2 rings (SSSR count). The van der Waals surface area contributed by atoms with Gasteiger partial charge in [0.25, 0.3) is 0 Å². The summed E-state index contributed by atoms with van der Waals surface area (Å²) in [6, 6.07) is 0.398. The van der Waals surface area contributed by atoms with Crippen molar-refractivity contribution in [3.63, 3.8) is 0 Å². The number of thioether (sulfide) groups is 1. The maximum atomic E-state index is 12.0. The smallest absolute Gasteiger partial charge is 0.211 e. The van der Waals surface area contributed by atoms with E-state index in [1.807, 2.05) is 11.8 Å². The molecule has 0 aromatic carbocycles. The lowest BCUT2D eigenvalue weighted by Gasteiger charge is -2.24. The van der Waals surface area contributed by atoms with E-state index >= 15 is 0 Å². The zero-order valence-electron chi connectivity index (χ0n) is 11.6. The minimum absolute atomic E-state index is 0.266. The minimum atomic E-state index is -3.08. The molecule has 0 saturated carbocycles. The highest BCUT2D eigenvalue weighted by molar-refractivity contribution is 8.00. The molecule has 2 aliphatic rings. The van der Waals surface area contributed by atoms with Crippen LogP contribution in [0.25, 0.3) is 0 Å². The molecule has 2 N–H and O–H groups in total. The van der Waals surface area contributed by atoms with Gasteiger partial charge in [0.05, 0.1) is 5.75 Å². The van der Waals surface area contributed by atoms with Crippen molar-refractivity contribution >= 4 is 21.8 Å². The highest BCUT2D eigenvalue weighted by atomic mass is 32.2. The van der Waals surface area contributed by atoms with E-state index in [0.29, 0.717) is 17.8 Å². The van der Waals surface area contributed by atoms with Gasteiger partial charge in [0, 0.05) is 17.8 Å². The third kappa shape index (κ3) is 6.02. The Kier molecular flexibility index (Phi) is 6.45. The van der Waals surface area contributed by atoms with Crippen molar-refractivity contribution in [1.82, 2.24) is 10.0 Å². The lowest BCUT2D eigenvalue weighted by atomic mass is 10.0. The summed E-state index contributed by atoms with van der Waals surface area (Å²) in [5, 5.41) is 3.88. The van der Waals surface area contributed by atoms with Crippen LogP contribution in [0.5, 0.6) is 0 Å². The predicted molar refractivity (Wildman–Crippen MR) is 82.1 cm³/mol. The molecule has 19 heavy (non-hydrogen) atoms. The fraction of sp³-hybridized carbons (Fsp3) is 1.00. The van der Waals surface area contributed by atoms with Gasteiger partial charge in [-0.05, 0) is 44.4 Å². The molecule has 2 heterocycles. The molecule has 112 valence electrons. The van der Waals surface area contributed by atoms with Crippen LogP contribution in [0.3, 0.4) is 0 Å². The van der Waals surface area contributed by atoms with Gasteiger partial charge in [-0.1, -0.05) is 12.8 Å². The van der Waals surface area contributed by atoms with Gasteiger partial charge in [0.2, 0.25) is 10.0 Å². The first kappa shape index (κ1) is 15.6. The van der Waals surface area contributed by atoms with Crippen LogP contribution in [-0.2, 0) is 10.0 Å². The molecule has 6 heteroatoms. The van der Waals surface area contributed by atoms with Gasteiger partial charge in [-0.25, -0.2) is 13.1 Å². The van der Waals surface area contributed by atoms with Crippen molar-refractivity contribution < 1.29 is 8.42 Å². The Balaban J connectivity index is 1.65. The molecule has 0 radical (unpaired) electrons. The second-order valence-electron chi connectivity index (χ2n) is 5.59. The van der Waals surface area contributed by atoms with E-state index < -0.39 is 10.0 Å². The summed E-state index contributed by atoms with van der Waals surface area (Å²) >= 11 is 1.91. The monoisotopic (exact) mass is 306 g/mol. The average Bonchev–Trinajstić information content (AvgIpc) is 2.46. The van der Waals surface area contributed by atoms with Gasteiger partial charge < -0.3 is 5.32 Å². The standard InChI is InChI=1S/C13H26N2O2S2/c16-19(17,10-7-12-5-1-3-8-14-12)15-11-13-6-2-4-9-18-13/h12-15H,1-11H2. The molecule has 4 nitrogen and oxygen atoms in total. The number of nitrogens with one attached hydrogen (secondary N) is 2. The van der Waals surface area contributed by atoms with Crippen LogP contribution < -0.4 is 10.0 Å². The zero-order valence-corrected chi connectivity index (χ0v) is 13.2. The lowest BCUT2D eigenvalue weighted by Crippen LogP contribution is -2.38. The van der Waals surface area contributed by atoms with E-state index in [1.165, 1.54) is 31.4 Å². The first-order valence-electron chi connectivity index (χ1n) is 7.48. The molecule has 0 aromatic heterocycles. The Morgan fingerprint density at radius 1 is 1.16 bits per heavy atom. The third-order valence-corrected chi connectivity index (χ3v) is 6.73. The molecule has 2 fully saturated rings. The molecule has 0 bridgehead atoms. The summed E-state index contributed by atoms with van der Waals surface area (Å²) in [5.41, 5.74) is 0. The van der Waals surface area contributed by atoms with E-state index in [-0.39, 0.29) is 5.75 Å². The highest BCUT2D eigenvalue weighted by Gasteiger charge is 2.20. The van der Waals surface area contributed by atoms with Gasteiger partial charge in [0.1, 0.15) is 0 Å². The summed E-state index contributed by atoms with van der Waals surface area (Å²) in [4.78, 5) is 0. The van der Waals surface area contributed by atoms with Gasteiger partial charge in [0.15, 0.2) is 0 Å². The molecule has 2 aliphatic heterocycles. The molecule has 0 aliphatic carbocycles. The van der Waals surface area contributed by atoms with Gasteiger partial charge >= 0.3 is 0 Å². The molecular formula is C13H26N2O2S2. The van der Waals surface area contributed by atoms with Gasteiger partial charge in [-0.3, -0.25) is 0 Å². The van der Waals surface area contributed by atoms with E-state index in [2.05, 4.69) is 10.0 Å². The minimum Gasteiger partial charge on any atom is -0.314 e. The normalized spacial score (nSPS) is 29.3. The molecule has 0 aromatic rings. The van der Waals surface area contributed by atoms with Crippen LogP contribution in [-0.4, -0.2) is 44.3 Å². The highest BCUT2D eigenvalue weighted by Crippen LogP contribution is 2.24. The second kappa shape index (κ2) is 7.86. The van der Waals surface area contributed by atoms with E-state index in [1.54, 1.807) is 0 Å². The summed E-state index contributed by atoms with van der Waals surface area (Å²) < 4.78 is 26.7. The maximum absolute atomic E-state index is 12.0. The summed E-state index contributed by atoms with van der Waals surface area (Å²) in [5.74, 6) is 1.44. The average molecular weight is 306 g/mol. The van der Waals surface area contributed by atoms with Gasteiger partial charge in [-0.15, -0.1) is 0 Å². The molecule has 0 amide bonds. The van der Waals surface area contributed by atoms with Crippen LogP contribution in [0.1, 0.15) is 44.9 Å². The van der Waals surface area contributed by atoms with E-state index in [9.17, 15) is 8.42 Å². The van der Waals surface area contributed by atoms with Gasteiger partial charge in [-0.2, -0.15) is 11.8 Å². The second-order valence-corrected chi connectivity index (χ2v) is 8.93. The number of hydrogen-bond acceptors (Lipinski definition) is 4. The topological polar surface area (TPSA) is 58.2 Å². The van der Waals surface area contributed by atoms with E-state index in [4.69, 9.17) is 0 Å². The quantitative estimate of drug-likeness (QED) is 0.784. The molecule has 2 unspecified atom stereocenters. The fourth-order valence-corrected chi connectivity index (χ4v) is 5.27. The Hall–Kier alpha value is 0.220. The van der Waals surface area contributed by atoms with Crippen LogP contribution in [0.15, 0.2) is 0 Å². The molecule has 2 saturated heterocycles. The van der Waals surface area contributed by atoms with Crippen LogP contribution in [0, 0.1) is 0 Å². The Morgan fingerprint density at radius 3 is 2.68 bits per heavy atom. The van der Waals surface area contributed by atoms with Crippen molar-refractivity contribution in [2.75, 3.05) is 24.6 Å². The summed E-state index contributed by atoms with van der Waals surface area (Å²) in [6.07, 6.45) is 7.98. The fourth-order valence-electron chi connectivity index (χ4n) is 2.73. The Labute approximate surface area is 121 Å². The molecular weight excluding hydrogens is 280 g/mol. The number of sulfonamides is 1. The molecule has 2 atom stereocenters. The van der Waals surface area contributed by atoms with Crippen LogP contribution in [0.2, 0.25) is 0 Å². The van der Waals surface area contributed by atoms with Crippen molar-refractivity contribution in [2.24, 2.45) is 0 Å². The third-order valence-electron chi connectivity index (χ3n) is 3.95. The van der Waals surface area contributed by atoms with Crippen molar-refractivity contribution in [2.45, 2.75) is 56.2 Å². The number of hydrogen-bond donors (Lipinski definition) is 2. The van der Waals surface area contributed by atoms with Crippen molar-refractivity contribution in [3.8, 4) is 0 Å². The number of rotatable bonds is 6. The number of piperidine rings is 1. The first-order valence-corrected chi connectivity index (χ1v) is 10.2. The van der Waals surface area contributed by atoms with Crippen molar-refractivity contribution in [1.29, 1.82) is 0 Å². The van der Waals surface area contributed by atoms with Crippen molar-refractivity contribution in [3.05, 3.63) is 0 Å². The maximum Gasteiger partial charge on any atom is 0.211 e. The Bertz CT molecular complexity index is 320. The largest absolute Gasteiger partial charge is 0.314 e. The zero-order chi connectivity index (χ0) is 13.6. The van der Waals surface area contributed by atoms with E-state index in [0.717, 1.165) is 25.8 Å². The SMILES string of the molecule is O=S(=O)(CCC1CCCCN1)NCC1CCCCS1. The predicted octanol–water partition coefficient (Wildman–Crippen LogP) is 1.72. The van der Waals surface area contributed by atoms with Crippen LogP contribution in [0.4, 0.5) is 0 Å². The first-order chi connectivity index (χ1) is 9.16. The summed E-state index contributed by atoms with van der Waals surface area (Å²) in [6.45, 7) is 1.65. The van der Waals surface area contributed by atoms with Crippen LogP contribution >= 0.6 is 11.8 Å². The molecule has 0 spiro atoms. The Morgan fingerprint density at radius 2 is 2.00 bits per heavy atom.